The van der Waals surface area contributed by atoms with Crippen LogP contribution in [0.4, 0.5) is 23.0 Å². The van der Waals surface area contributed by atoms with Crippen molar-refractivity contribution in [2.24, 2.45) is 5.92 Å². The lowest BCUT2D eigenvalue weighted by Crippen LogP contribution is -2.35. The van der Waals surface area contributed by atoms with Gasteiger partial charge in [0.05, 0.1) is 12.0 Å². The lowest BCUT2D eigenvalue weighted by molar-refractivity contribution is 0.402. The maximum atomic E-state index is 9.91. The Morgan fingerprint density at radius 2 is 1.77 bits per heavy atom. The molecule has 2 heterocycles. The van der Waals surface area contributed by atoms with Gasteiger partial charge in [-0.2, -0.15) is 5.26 Å². The van der Waals surface area contributed by atoms with E-state index < -0.39 is 5.92 Å². The first-order chi connectivity index (χ1) is 18.9. The summed E-state index contributed by atoms with van der Waals surface area (Å²) < 4.78 is 0. The molecule has 1 aliphatic heterocycles. The number of benzene rings is 3. The summed E-state index contributed by atoms with van der Waals surface area (Å²) in [4.78, 5) is 11.2. The van der Waals surface area contributed by atoms with Crippen LogP contribution in [0, 0.1) is 24.2 Å². The normalized spacial score (nSPS) is 14.6. The Labute approximate surface area is 239 Å². The van der Waals surface area contributed by atoms with E-state index in [2.05, 4.69) is 56.6 Å². The van der Waals surface area contributed by atoms with Crippen molar-refractivity contribution in [1.82, 2.24) is 9.97 Å². The topological polar surface area (TPSA) is 90.9 Å². The summed E-state index contributed by atoms with van der Waals surface area (Å²) in [7, 11) is 0. The summed E-state index contributed by atoms with van der Waals surface area (Å²) in [6, 6.07) is 24.0. The highest BCUT2D eigenvalue weighted by molar-refractivity contribution is 6.32. The van der Waals surface area contributed by atoms with Gasteiger partial charge in [0, 0.05) is 28.8 Å². The van der Waals surface area contributed by atoms with E-state index in [4.69, 9.17) is 28.9 Å². The first-order valence-electron chi connectivity index (χ1n) is 13.0. The van der Waals surface area contributed by atoms with E-state index in [1.165, 1.54) is 5.56 Å². The van der Waals surface area contributed by atoms with E-state index in [1.54, 1.807) is 18.5 Å². The first-order valence-corrected chi connectivity index (χ1v) is 13.8. The number of piperidine rings is 1. The van der Waals surface area contributed by atoms with Crippen LogP contribution in [0.2, 0.25) is 10.0 Å². The van der Waals surface area contributed by atoms with E-state index in [0.717, 1.165) is 60.5 Å². The number of nitrogen functional groups attached to an aromatic ring is 1. The molecule has 0 amide bonds. The molecule has 0 radical (unpaired) electrons. The van der Waals surface area contributed by atoms with E-state index >= 15 is 0 Å². The van der Waals surface area contributed by atoms with Gasteiger partial charge in [-0.25, -0.2) is 9.97 Å². The lowest BCUT2D eigenvalue weighted by Gasteiger charge is -2.33. The molecule has 1 aromatic heterocycles. The van der Waals surface area contributed by atoms with Crippen molar-refractivity contribution in [3.05, 3.63) is 105 Å². The molecule has 198 valence electrons. The van der Waals surface area contributed by atoms with Crippen molar-refractivity contribution in [2.45, 2.75) is 32.1 Å². The van der Waals surface area contributed by atoms with Crippen LogP contribution in [-0.4, -0.2) is 23.1 Å². The minimum atomic E-state index is -0.511. The van der Waals surface area contributed by atoms with Gasteiger partial charge in [0.25, 0.3) is 0 Å². The summed E-state index contributed by atoms with van der Waals surface area (Å²) in [5.74, 6) is 1.42. The van der Waals surface area contributed by atoms with Gasteiger partial charge in [-0.15, -0.1) is 0 Å². The number of nitrogens with zero attached hydrogens (tertiary/aromatic N) is 4. The Kier molecular flexibility index (Phi) is 8.21. The molecule has 1 aliphatic rings. The van der Waals surface area contributed by atoms with Crippen LogP contribution in [-0.2, 0) is 6.42 Å². The number of nitrogens with two attached hydrogens (primary N) is 1. The van der Waals surface area contributed by atoms with Crippen LogP contribution >= 0.6 is 23.2 Å². The molecule has 1 saturated heterocycles. The predicted octanol–water partition coefficient (Wildman–Crippen LogP) is 7.53. The molecule has 0 spiro atoms. The number of anilines is 4. The molecular weight excluding hydrogens is 527 g/mol. The second kappa shape index (κ2) is 11.9. The number of aryl methyl sites for hydroxylation is 1. The largest absolute Gasteiger partial charge is 0.393 e. The monoisotopic (exact) mass is 556 g/mol. The van der Waals surface area contributed by atoms with Gasteiger partial charge < -0.3 is 16.0 Å². The molecule has 3 aromatic carbocycles. The maximum Gasteiger partial charge on any atom is 0.159 e. The van der Waals surface area contributed by atoms with Crippen molar-refractivity contribution >= 4 is 46.2 Å². The lowest BCUT2D eigenvalue weighted by atomic mass is 9.90. The quantitative estimate of drug-likeness (QED) is 0.244. The second-order valence-corrected chi connectivity index (χ2v) is 10.9. The third kappa shape index (κ3) is 6.11. The summed E-state index contributed by atoms with van der Waals surface area (Å²) in [6.07, 6.45) is 4.82. The van der Waals surface area contributed by atoms with E-state index in [-0.39, 0.29) is 0 Å². The number of nitrogens with one attached hydrogen (secondary N) is 1. The molecule has 8 heteroatoms. The third-order valence-electron chi connectivity index (χ3n) is 7.38. The van der Waals surface area contributed by atoms with Crippen molar-refractivity contribution in [3.8, 4) is 6.07 Å². The van der Waals surface area contributed by atoms with Gasteiger partial charge >= 0.3 is 0 Å². The predicted molar refractivity (Wildman–Crippen MR) is 160 cm³/mol. The van der Waals surface area contributed by atoms with Crippen LogP contribution in [0.25, 0.3) is 0 Å². The summed E-state index contributed by atoms with van der Waals surface area (Å²) in [5.41, 5.74) is 11.7. The third-order valence-corrected chi connectivity index (χ3v) is 7.96. The van der Waals surface area contributed by atoms with Gasteiger partial charge in [-0.1, -0.05) is 71.7 Å². The zero-order valence-corrected chi connectivity index (χ0v) is 23.3. The van der Waals surface area contributed by atoms with Crippen LogP contribution in [0.5, 0.6) is 0 Å². The molecule has 3 N–H and O–H groups in total. The minimum absolute atomic E-state index is 0.484. The molecular formula is C31H30Cl2N6. The van der Waals surface area contributed by atoms with Gasteiger partial charge in [0.1, 0.15) is 12.0 Å². The van der Waals surface area contributed by atoms with Crippen LogP contribution in [0.3, 0.4) is 0 Å². The number of hydrogen-bond donors (Lipinski definition) is 2. The smallest absolute Gasteiger partial charge is 0.159 e. The fourth-order valence-corrected chi connectivity index (χ4v) is 5.60. The number of rotatable bonds is 7. The van der Waals surface area contributed by atoms with Gasteiger partial charge in [-0.05, 0) is 72.6 Å². The Morgan fingerprint density at radius 3 is 2.46 bits per heavy atom. The van der Waals surface area contributed by atoms with Gasteiger partial charge in [0.15, 0.2) is 11.6 Å². The molecule has 0 saturated carbocycles. The van der Waals surface area contributed by atoms with Crippen LogP contribution in [0.1, 0.15) is 41.0 Å². The van der Waals surface area contributed by atoms with Crippen LogP contribution < -0.4 is 16.0 Å². The van der Waals surface area contributed by atoms with E-state index in [9.17, 15) is 5.26 Å². The zero-order chi connectivity index (χ0) is 27.4. The molecule has 39 heavy (non-hydrogen) atoms. The number of halogens is 2. The molecule has 1 atom stereocenters. The van der Waals surface area contributed by atoms with E-state index in [0.29, 0.717) is 27.5 Å². The summed E-state index contributed by atoms with van der Waals surface area (Å²) in [5, 5.41) is 14.4. The van der Waals surface area contributed by atoms with Crippen molar-refractivity contribution in [1.29, 1.82) is 5.26 Å². The highest BCUT2D eigenvalue weighted by Gasteiger charge is 2.24. The molecule has 4 aromatic rings. The van der Waals surface area contributed by atoms with Crippen LogP contribution in [0.15, 0.2) is 73.1 Å². The highest BCUT2D eigenvalue weighted by atomic mass is 35.5. The molecule has 6 nitrogen and oxygen atoms in total. The van der Waals surface area contributed by atoms with Gasteiger partial charge in [-0.3, -0.25) is 0 Å². The highest BCUT2D eigenvalue weighted by Crippen LogP contribution is 2.37. The standard InChI is InChI=1S/C31H30Cl2N6/c1-20-15-25(26(18-34)23-7-9-24(32)10-8-23)27(33)17-28(20)38-30-29(35)31(37-19-36-30)39-13-11-22(12-14-39)16-21-5-3-2-4-6-21/h2-10,15,17,19,22,26H,11-14,16,35H2,1H3,(H,36,37,38). The Bertz CT molecular complexity index is 1480. The second-order valence-electron chi connectivity index (χ2n) is 10.0. The Hall–Kier alpha value is -3.79. The van der Waals surface area contributed by atoms with E-state index in [1.807, 2.05) is 31.2 Å². The average Bonchev–Trinajstić information content (AvgIpc) is 2.95. The number of hydrogen-bond acceptors (Lipinski definition) is 6. The fraction of sp³-hybridized carbons (Fsp3) is 0.258. The Balaban J connectivity index is 1.31. The first kappa shape index (κ1) is 26.8. The molecule has 5 rings (SSSR count). The molecule has 0 aliphatic carbocycles. The van der Waals surface area contributed by atoms with Gasteiger partial charge in [0.2, 0.25) is 0 Å². The SMILES string of the molecule is Cc1cc(C(C#N)c2ccc(Cl)cc2)c(Cl)cc1Nc1ncnc(N2CCC(Cc3ccccc3)CC2)c1N. The maximum absolute atomic E-state index is 9.91. The van der Waals surface area contributed by atoms with Crippen molar-refractivity contribution in [2.75, 3.05) is 29.0 Å². The zero-order valence-electron chi connectivity index (χ0n) is 21.7. The minimum Gasteiger partial charge on any atom is -0.393 e. The average molecular weight is 558 g/mol. The molecule has 1 fully saturated rings. The Morgan fingerprint density at radius 1 is 1.05 bits per heavy atom. The summed E-state index contributed by atoms with van der Waals surface area (Å²) >= 11 is 12.7. The number of aromatic nitrogens is 2. The van der Waals surface area contributed by atoms with Crippen molar-refractivity contribution < 1.29 is 0 Å². The molecule has 1 unspecified atom stereocenters. The molecule has 0 bridgehead atoms. The van der Waals surface area contributed by atoms with Crippen molar-refractivity contribution in [3.63, 3.8) is 0 Å². The number of nitriles is 1. The summed E-state index contributed by atoms with van der Waals surface area (Å²) in [6.45, 7) is 3.77. The fourth-order valence-electron chi connectivity index (χ4n) is 5.20.